The number of Topliss-reactive ketones (excluding diaryl/α,β-unsaturated/α-hetero) is 1. The predicted molar refractivity (Wildman–Crippen MR) is 75.4 cm³/mol. The number of ketones is 1. The number of hydrogen-bond donors (Lipinski definition) is 0. The average Bonchev–Trinajstić information content (AvgIpc) is 2.41. The summed E-state index contributed by atoms with van der Waals surface area (Å²) in [6.07, 6.45) is 2.65. The van der Waals surface area contributed by atoms with Crippen molar-refractivity contribution in [2.24, 2.45) is 0 Å². The summed E-state index contributed by atoms with van der Waals surface area (Å²) >= 11 is 0. The highest BCUT2D eigenvalue weighted by Crippen LogP contribution is 2.17. The van der Waals surface area contributed by atoms with E-state index in [1.807, 2.05) is 0 Å². The first-order valence-corrected chi connectivity index (χ1v) is 6.85. The van der Waals surface area contributed by atoms with Gasteiger partial charge in [-0.15, -0.1) is 0 Å². The molecule has 0 aromatic heterocycles. The molecule has 0 bridgehead atoms. The lowest BCUT2D eigenvalue weighted by molar-refractivity contribution is -0.138. The summed E-state index contributed by atoms with van der Waals surface area (Å²) in [5.41, 5.74) is -0.823. The summed E-state index contributed by atoms with van der Waals surface area (Å²) in [4.78, 5) is 23.2. The quantitative estimate of drug-likeness (QED) is 0.315. The van der Waals surface area contributed by atoms with Gasteiger partial charge >= 0.3 is 5.97 Å². The van der Waals surface area contributed by atoms with Crippen molar-refractivity contribution in [3.8, 4) is 0 Å². The number of rotatable bonds is 8. The molecule has 0 aliphatic heterocycles. The highest BCUT2D eigenvalue weighted by molar-refractivity contribution is 6.40. The Labute approximate surface area is 119 Å². The Hall–Kier alpha value is -1.71. The van der Waals surface area contributed by atoms with E-state index < -0.39 is 17.4 Å². The summed E-state index contributed by atoms with van der Waals surface area (Å²) in [5.74, 6) is -1.46. The highest BCUT2D eigenvalue weighted by Gasteiger charge is 2.17. The standard InChI is InChI=1S/C16H21FO3/c1-16(2,17)11-7-4-8-12-20-15(19)14(18)13-9-5-3-6-10-13/h3,5-6,9-10H,4,7-8,11-12H2,1-2H3. The molecule has 0 fully saturated rings. The number of esters is 1. The third-order valence-electron chi connectivity index (χ3n) is 2.87. The maximum atomic E-state index is 13.2. The number of unbranched alkanes of at least 4 members (excludes halogenated alkanes) is 2. The second kappa shape index (κ2) is 7.78. The van der Waals surface area contributed by atoms with Gasteiger partial charge in [-0.1, -0.05) is 36.8 Å². The Morgan fingerprint density at radius 3 is 2.35 bits per heavy atom. The molecule has 0 atom stereocenters. The summed E-state index contributed by atoms with van der Waals surface area (Å²) in [6.45, 7) is 3.29. The van der Waals surface area contributed by atoms with E-state index in [4.69, 9.17) is 4.74 Å². The Kier molecular flexibility index (Phi) is 6.36. The molecule has 1 aromatic carbocycles. The molecule has 0 aliphatic rings. The molecule has 0 aliphatic carbocycles. The first kappa shape index (κ1) is 16.3. The van der Waals surface area contributed by atoms with Crippen LogP contribution in [0.5, 0.6) is 0 Å². The fourth-order valence-corrected chi connectivity index (χ4v) is 1.76. The maximum absolute atomic E-state index is 13.2. The normalized spacial score (nSPS) is 11.2. The van der Waals surface area contributed by atoms with Gasteiger partial charge in [-0.3, -0.25) is 4.79 Å². The number of halogens is 1. The van der Waals surface area contributed by atoms with Gasteiger partial charge in [-0.2, -0.15) is 0 Å². The molecule has 20 heavy (non-hydrogen) atoms. The van der Waals surface area contributed by atoms with Crippen molar-refractivity contribution in [3.63, 3.8) is 0 Å². The van der Waals surface area contributed by atoms with Gasteiger partial charge in [0.25, 0.3) is 5.78 Å². The van der Waals surface area contributed by atoms with E-state index >= 15 is 0 Å². The molecule has 0 spiro atoms. The lowest BCUT2D eigenvalue weighted by atomic mass is 10.0. The summed E-state index contributed by atoms with van der Waals surface area (Å²) < 4.78 is 18.1. The topological polar surface area (TPSA) is 43.4 Å². The van der Waals surface area contributed by atoms with Crippen LogP contribution < -0.4 is 0 Å². The minimum absolute atomic E-state index is 0.199. The second-order valence-electron chi connectivity index (χ2n) is 5.36. The number of ether oxygens (including phenoxy) is 1. The fraction of sp³-hybridized carbons (Fsp3) is 0.500. The number of benzene rings is 1. The van der Waals surface area contributed by atoms with Crippen LogP contribution in [0.2, 0.25) is 0 Å². The molecule has 1 rings (SSSR count). The van der Waals surface area contributed by atoms with Gasteiger partial charge in [-0.25, -0.2) is 9.18 Å². The van der Waals surface area contributed by atoms with Crippen molar-refractivity contribution in [2.45, 2.75) is 45.2 Å². The van der Waals surface area contributed by atoms with Crippen molar-refractivity contribution in [2.75, 3.05) is 6.61 Å². The van der Waals surface area contributed by atoms with Crippen LogP contribution >= 0.6 is 0 Å². The molecule has 0 N–H and O–H groups in total. The minimum atomic E-state index is -1.15. The minimum Gasteiger partial charge on any atom is -0.460 e. The van der Waals surface area contributed by atoms with Crippen LogP contribution in [0.4, 0.5) is 4.39 Å². The molecule has 110 valence electrons. The Morgan fingerprint density at radius 1 is 1.10 bits per heavy atom. The van der Waals surface area contributed by atoms with Gasteiger partial charge in [-0.05, 0) is 33.1 Å². The fourth-order valence-electron chi connectivity index (χ4n) is 1.76. The monoisotopic (exact) mass is 280 g/mol. The van der Waals surface area contributed by atoms with Gasteiger partial charge in [0, 0.05) is 5.56 Å². The second-order valence-corrected chi connectivity index (χ2v) is 5.36. The van der Waals surface area contributed by atoms with Crippen LogP contribution in [-0.4, -0.2) is 24.0 Å². The van der Waals surface area contributed by atoms with Crippen LogP contribution in [0.1, 0.15) is 49.9 Å². The number of carbonyl (C=O) groups is 2. The summed E-state index contributed by atoms with van der Waals surface area (Å²) in [7, 11) is 0. The van der Waals surface area contributed by atoms with E-state index in [2.05, 4.69) is 0 Å². The van der Waals surface area contributed by atoms with Gasteiger partial charge in [0.1, 0.15) is 5.67 Å². The van der Waals surface area contributed by atoms with Crippen LogP contribution in [0, 0.1) is 0 Å². The molecule has 1 aromatic rings. The Bertz CT molecular complexity index is 435. The molecule has 0 saturated carbocycles. The molecular weight excluding hydrogens is 259 g/mol. The third kappa shape index (κ3) is 6.45. The third-order valence-corrected chi connectivity index (χ3v) is 2.87. The van der Waals surface area contributed by atoms with Crippen molar-refractivity contribution in [1.29, 1.82) is 0 Å². The van der Waals surface area contributed by atoms with Gasteiger partial charge in [0.05, 0.1) is 6.61 Å². The van der Waals surface area contributed by atoms with E-state index in [0.29, 0.717) is 18.4 Å². The van der Waals surface area contributed by atoms with Gasteiger partial charge in [0.15, 0.2) is 0 Å². The largest absolute Gasteiger partial charge is 0.460 e. The van der Waals surface area contributed by atoms with Crippen LogP contribution in [-0.2, 0) is 9.53 Å². The zero-order chi connectivity index (χ0) is 15.0. The van der Waals surface area contributed by atoms with E-state index in [0.717, 1.165) is 12.8 Å². The zero-order valence-corrected chi connectivity index (χ0v) is 12.0. The van der Waals surface area contributed by atoms with E-state index in [1.165, 1.54) is 0 Å². The lowest BCUT2D eigenvalue weighted by Crippen LogP contribution is -2.18. The summed E-state index contributed by atoms with van der Waals surface area (Å²) in [5, 5.41) is 0. The van der Waals surface area contributed by atoms with Crippen molar-refractivity contribution in [3.05, 3.63) is 35.9 Å². The molecule has 0 saturated heterocycles. The van der Waals surface area contributed by atoms with E-state index in [1.54, 1.807) is 44.2 Å². The molecule has 0 radical (unpaired) electrons. The van der Waals surface area contributed by atoms with Crippen molar-refractivity contribution in [1.82, 2.24) is 0 Å². The van der Waals surface area contributed by atoms with Crippen molar-refractivity contribution < 1.29 is 18.7 Å². The maximum Gasteiger partial charge on any atom is 0.379 e. The summed E-state index contributed by atoms with van der Waals surface area (Å²) in [6, 6.07) is 8.31. The van der Waals surface area contributed by atoms with E-state index in [-0.39, 0.29) is 6.61 Å². The van der Waals surface area contributed by atoms with Crippen LogP contribution in [0.3, 0.4) is 0 Å². The average molecular weight is 280 g/mol. The zero-order valence-electron chi connectivity index (χ0n) is 12.0. The molecular formula is C16H21FO3. The first-order chi connectivity index (χ1) is 9.40. The first-order valence-electron chi connectivity index (χ1n) is 6.85. The Morgan fingerprint density at radius 2 is 1.75 bits per heavy atom. The highest BCUT2D eigenvalue weighted by atomic mass is 19.1. The number of alkyl halides is 1. The number of hydrogen-bond acceptors (Lipinski definition) is 3. The van der Waals surface area contributed by atoms with Gasteiger partial charge in [0.2, 0.25) is 0 Å². The predicted octanol–water partition coefficient (Wildman–Crippen LogP) is 3.72. The molecule has 0 unspecified atom stereocenters. The van der Waals surface area contributed by atoms with Gasteiger partial charge < -0.3 is 4.74 Å². The SMILES string of the molecule is CC(C)(F)CCCCCOC(=O)C(=O)c1ccccc1. The molecule has 0 amide bonds. The molecule has 3 nitrogen and oxygen atoms in total. The smallest absolute Gasteiger partial charge is 0.379 e. The van der Waals surface area contributed by atoms with Crippen LogP contribution in [0.15, 0.2) is 30.3 Å². The Balaban J connectivity index is 2.19. The molecule has 4 heteroatoms. The molecule has 0 heterocycles. The lowest BCUT2D eigenvalue weighted by Gasteiger charge is -2.12. The van der Waals surface area contributed by atoms with Crippen LogP contribution in [0.25, 0.3) is 0 Å². The number of carbonyl (C=O) groups excluding carboxylic acids is 2. The van der Waals surface area contributed by atoms with Crippen molar-refractivity contribution >= 4 is 11.8 Å². The van der Waals surface area contributed by atoms with E-state index in [9.17, 15) is 14.0 Å².